The number of hydrogen-bond acceptors (Lipinski definition) is 6. The summed E-state index contributed by atoms with van der Waals surface area (Å²) in [7, 11) is 1.48. The van der Waals surface area contributed by atoms with Gasteiger partial charge in [-0.25, -0.2) is 9.37 Å². The van der Waals surface area contributed by atoms with Gasteiger partial charge in [-0.15, -0.1) is 0 Å². The lowest BCUT2D eigenvalue weighted by molar-refractivity contribution is -0.382. The van der Waals surface area contributed by atoms with Crippen molar-refractivity contribution >= 4 is 22.5 Å². The van der Waals surface area contributed by atoms with Crippen LogP contribution in [-0.4, -0.2) is 48.2 Å². The molecule has 0 atom stereocenters. The molecule has 1 aliphatic rings. The SMILES string of the molecule is COc1ccc(F)cc1-c1ccnc2[nH]c(N3CCNCC3)c([N+](=O)[O-])c12. The quantitative estimate of drug-likeness (QED) is 0.541. The molecule has 1 fully saturated rings. The Morgan fingerprint density at radius 1 is 1.26 bits per heavy atom. The van der Waals surface area contributed by atoms with Crippen LogP contribution in [0.4, 0.5) is 15.9 Å². The molecular formula is C18H18FN5O3. The maximum absolute atomic E-state index is 13.9. The van der Waals surface area contributed by atoms with Gasteiger partial charge in [0.15, 0.2) is 5.82 Å². The molecule has 0 amide bonds. The summed E-state index contributed by atoms with van der Waals surface area (Å²) in [6.45, 7) is 2.77. The number of piperazine rings is 1. The van der Waals surface area contributed by atoms with Crippen molar-refractivity contribution in [2.45, 2.75) is 0 Å². The van der Waals surface area contributed by atoms with Crippen LogP contribution in [0, 0.1) is 15.9 Å². The van der Waals surface area contributed by atoms with Crippen molar-refractivity contribution in [2.24, 2.45) is 0 Å². The van der Waals surface area contributed by atoms with E-state index in [0.29, 0.717) is 46.8 Å². The highest BCUT2D eigenvalue weighted by Crippen LogP contribution is 2.43. The van der Waals surface area contributed by atoms with E-state index in [1.54, 1.807) is 12.3 Å². The molecule has 3 aromatic rings. The summed E-state index contributed by atoms with van der Waals surface area (Å²) in [5.41, 5.74) is 1.28. The van der Waals surface area contributed by atoms with Crippen molar-refractivity contribution < 1.29 is 14.1 Å². The summed E-state index contributed by atoms with van der Waals surface area (Å²) in [6.07, 6.45) is 1.55. The summed E-state index contributed by atoms with van der Waals surface area (Å²) in [5, 5.41) is 15.5. The normalized spacial score (nSPS) is 14.5. The van der Waals surface area contributed by atoms with Gasteiger partial charge in [-0.05, 0) is 24.3 Å². The van der Waals surface area contributed by atoms with E-state index in [9.17, 15) is 14.5 Å². The zero-order chi connectivity index (χ0) is 19.0. The van der Waals surface area contributed by atoms with Gasteiger partial charge in [-0.3, -0.25) is 10.1 Å². The molecule has 0 spiro atoms. The zero-order valence-corrected chi connectivity index (χ0v) is 14.7. The smallest absolute Gasteiger partial charge is 0.321 e. The number of halogens is 1. The molecule has 0 saturated carbocycles. The van der Waals surface area contributed by atoms with E-state index < -0.39 is 10.7 Å². The third-order valence-electron chi connectivity index (χ3n) is 4.72. The lowest BCUT2D eigenvalue weighted by Crippen LogP contribution is -2.43. The van der Waals surface area contributed by atoms with E-state index in [4.69, 9.17) is 4.74 Å². The lowest BCUT2D eigenvalue weighted by atomic mass is 10.0. The summed E-state index contributed by atoms with van der Waals surface area (Å²) in [5.74, 6) is 0.409. The number of pyridine rings is 1. The number of aromatic nitrogens is 2. The number of benzene rings is 1. The predicted molar refractivity (Wildman–Crippen MR) is 99.8 cm³/mol. The molecule has 1 aromatic carbocycles. The van der Waals surface area contributed by atoms with E-state index in [0.717, 1.165) is 13.1 Å². The summed E-state index contributed by atoms with van der Waals surface area (Å²) in [4.78, 5) is 20.8. The first-order valence-electron chi connectivity index (χ1n) is 8.55. The number of rotatable bonds is 4. The molecule has 0 unspecified atom stereocenters. The van der Waals surface area contributed by atoms with Crippen LogP contribution in [0.15, 0.2) is 30.5 Å². The molecule has 1 saturated heterocycles. The number of aromatic amines is 1. The fourth-order valence-electron chi connectivity index (χ4n) is 3.50. The number of nitrogens with zero attached hydrogens (tertiary/aromatic N) is 3. The van der Waals surface area contributed by atoms with Crippen molar-refractivity contribution in [1.29, 1.82) is 0 Å². The van der Waals surface area contributed by atoms with Gasteiger partial charge in [-0.2, -0.15) is 0 Å². The standard InChI is InChI=1S/C18H18FN5O3/c1-27-14-3-2-11(19)10-13(14)12-4-5-21-17-15(12)16(24(25)26)18(22-17)23-8-6-20-7-9-23/h2-5,10,20H,6-9H2,1H3,(H,21,22). The molecule has 1 aliphatic heterocycles. The van der Waals surface area contributed by atoms with Crippen molar-refractivity contribution in [1.82, 2.24) is 15.3 Å². The Bertz CT molecular complexity index is 1010. The van der Waals surface area contributed by atoms with E-state index in [1.165, 1.54) is 25.3 Å². The molecule has 4 rings (SSSR count). The van der Waals surface area contributed by atoms with Crippen LogP contribution in [0.25, 0.3) is 22.2 Å². The maximum Gasteiger partial charge on any atom is 0.321 e. The second-order valence-corrected chi connectivity index (χ2v) is 6.24. The highest BCUT2D eigenvalue weighted by Gasteiger charge is 2.30. The fraction of sp³-hybridized carbons (Fsp3) is 0.278. The number of methoxy groups -OCH3 is 1. The molecule has 2 aromatic heterocycles. The van der Waals surface area contributed by atoms with Crippen molar-refractivity contribution in [3.8, 4) is 16.9 Å². The maximum atomic E-state index is 13.9. The van der Waals surface area contributed by atoms with Gasteiger partial charge >= 0.3 is 5.69 Å². The number of anilines is 1. The van der Waals surface area contributed by atoms with Gasteiger partial charge in [0.25, 0.3) is 0 Å². The van der Waals surface area contributed by atoms with E-state index >= 15 is 0 Å². The monoisotopic (exact) mass is 371 g/mol. The fourth-order valence-corrected chi connectivity index (χ4v) is 3.50. The zero-order valence-electron chi connectivity index (χ0n) is 14.7. The summed E-state index contributed by atoms with van der Waals surface area (Å²) in [6, 6.07) is 5.75. The number of nitrogens with one attached hydrogen (secondary N) is 2. The van der Waals surface area contributed by atoms with Crippen LogP contribution in [0.5, 0.6) is 5.75 Å². The highest BCUT2D eigenvalue weighted by atomic mass is 19.1. The summed E-state index contributed by atoms with van der Waals surface area (Å²) < 4.78 is 19.2. The minimum atomic E-state index is -0.448. The molecule has 2 N–H and O–H groups in total. The average molecular weight is 371 g/mol. The first-order chi connectivity index (χ1) is 13.1. The average Bonchev–Trinajstić information content (AvgIpc) is 3.08. The minimum Gasteiger partial charge on any atom is -0.496 e. The van der Waals surface area contributed by atoms with E-state index in [-0.39, 0.29) is 5.69 Å². The Labute approximate surface area is 154 Å². The number of ether oxygens (including phenoxy) is 1. The Morgan fingerprint density at radius 2 is 2.04 bits per heavy atom. The van der Waals surface area contributed by atoms with Crippen LogP contribution in [0.2, 0.25) is 0 Å². The van der Waals surface area contributed by atoms with Gasteiger partial charge < -0.3 is 19.9 Å². The second kappa shape index (κ2) is 6.84. The van der Waals surface area contributed by atoms with Crippen LogP contribution in [0.3, 0.4) is 0 Å². The molecule has 0 bridgehead atoms. The van der Waals surface area contributed by atoms with Gasteiger partial charge in [-0.1, -0.05) is 0 Å². The molecule has 9 heteroatoms. The summed E-state index contributed by atoms with van der Waals surface area (Å²) >= 11 is 0. The second-order valence-electron chi connectivity index (χ2n) is 6.24. The highest BCUT2D eigenvalue weighted by molar-refractivity contribution is 6.05. The minimum absolute atomic E-state index is 0.0543. The molecule has 8 nitrogen and oxygen atoms in total. The van der Waals surface area contributed by atoms with E-state index in [1.807, 2.05) is 4.90 Å². The van der Waals surface area contributed by atoms with Crippen LogP contribution >= 0.6 is 0 Å². The molecular weight excluding hydrogens is 353 g/mol. The topological polar surface area (TPSA) is 96.3 Å². The Balaban J connectivity index is 1.99. The third kappa shape index (κ3) is 2.95. The van der Waals surface area contributed by atoms with Gasteiger partial charge in [0.1, 0.15) is 22.6 Å². The van der Waals surface area contributed by atoms with Gasteiger partial charge in [0.2, 0.25) is 0 Å². The number of H-pyrrole nitrogens is 1. The van der Waals surface area contributed by atoms with Gasteiger partial charge in [0.05, 0.1) is 12.0 Å². The molecule has 0 radical (unpaired) electrons. The number of hydrogen-bond donors (Lipinski definition) is 2. The van der Waals surface area contributed by atoms with Crippen LogP contribution in [0.1, 0.15) is 0 Å². The Hall–Kier alpha value is -3.20. The van der Waals surface area contributed by atoms with Crippen LogP contribution in [-0.2, 0) is 0 Å². The van der Waals surface area contributed by atoms with Crippen molar-refractivity contribution in [3.63, 3.8) is 0 Å². The molecule has 27 heavy (non-hydrogen) atoms. The largest absolute Gasteiger partial charge is 0.496 e. The number of nitro groups is 1. The van der Waals surface area contributed by atoms with Crippen molar-refractivity contribution in [2.75, 3.05) is 38.2 Å². The van der Waals surface area contributed by atoms with Crippen molar-refractivity contribution in [3.05, 3.63) is 46.4 Å². The Kier molecular flexibility index (Phi) is 4.36. The Morgan fingerprint density at radius 3 is 2.74 bits per heavy atom. The third-order valence-corrected chi connectivity index (χ3v) is 4.72. The van der Waals surface area contributed by atoms with Gasteiger partial charge in [0, 0.05) is 43.5 Å². The first-order valence-corrected chi connectivity index (χ1v) is 8.55. The van der Waals surface area contributed by atoms with E-state index in [2.05, 4.69) is 15.3 Å². The lowest BCUT2D eigenvalue weighted by Gasteiger charge is -2.27. The predicted octanol–water partition coefficient (Wildman–Crippen LogP) is 2.70. The van der Waals surface area contributed by atoms with Crippen LogP contribution < -0.4 is 15.0 Å². The first kappa shape index (κ1) is 17.2. The molecule has 0 aliphatic carbocycles. The molecule has 140 valence electrons. The number of fused-ring (bicyclic) bond motifs is 1. The molecule has 3 heterocycles.